The molecule has 23 heavy (non-hydrogen) atoms. The normalized spacial score (nSPS) is 11.5. The number of hydrogen-bond donors (Lipinski definition) is 1. The summed E-state index contributed by atoms with van der Waals surface area (Å²) in [4.78, 5) is 26.4. The second-order valence-electron chi connectivity index (χ2n) is 5.62. The Morgan fingerprint density at radius 1 is 1.30 bits per heavy atom. The third kappa shape index (κ3) is 2.48. The second kappa shape index (κ2) is 5.49. The molecule has 2 heterocycles. The first-order chi connectivity index (χ1) is 10.9. The van der Waals surface area contributed by atoms with Crippen LogP contribution in [-0.4, -0.2) is 14.8 Å². The van der Waals surface area contributed by atoms with Crippen LogP contribution >= 0.6 is 0 Å². The van der Waals surface area contributed by atoms with Gasteiger partial charge in [0.15, 0.2) is 0 Å². The van der Waals surface area contributed by atoms with Crippen LogP contribution in [0.25, 0.3) is 16.5 Å². The van der Waals surface area contributed by atoms with Gasteiger partial charge in [-0.3, -0.25) is 4.98 Å². The second-order valence-corrected chi connectivity index (χ2v) is 5.62. The zero-order valence-corrected chi connectivity index (χ0v) is 13.0. The van der Waals surface area contributed by atoms with Crippen molar-refractivity contribution in [1.82, 2.24) is 14.8 Å². The molecular weight excluding hydrogens is 301 g/mol. The average molecular weight is 317 g/mol. The monoisotopic (exact) mass is 317 g/mol. The molecule has 3 rings (SSSR count). The van der Waals surface area contributed by atoms with Gasteiger partial charge in [0.1, 0.15) is 17.3 Å². The van der Waals surface area contributed by atoms with E-state index in [0.717, 1.165) is 16.3 Å². The van der Waals surface area contributed by atoms with Crippen molar-refractivity contribution in [3.05, 3.63) is 56.5 Å². The minimum Gasteiger partial charge on any atom is -0.431 e. The lowest BCUT2D eigenvalue weighted by molar-refractivity contribution is 0.509. The van der Waals surface area contributed by atoms with Crippen LogP contribution in [0.1, 0.15) is 38.1 Å². The van der Waals surface area contributed by atoms with Crippen molar-refractivity contribution in [3.8, 4) is 5.69 Å². The van der Waals surface area contributed by atoms with E-state index in [2.05, 4.69) is 10.1 Å². The van der Waals surface area contributed by atoms with Crippen LogP contribution in [0.5, 0.6) is 0 Å². The highest BCUT2D eigenvalue weighted by Crippen LogP contribution is 2.26. The summed E-state index contributed by atoms with van der Waals surface area (Å²) in [5.74, 6) is -0.171. The van der Waals surface area contributed by atoms with Crippen molar-refractivity contribution < 1.29 is 8.81 Å². The number of fused-ring (bicyclic) bond motifs is 1. The molecule has 0 saturated heterocycles. The number of aromatic nitrogens is 3. The minimum atomic E-state index is -0.707. The Morgan fingerprint density at radius 3 is 2.65 bits per heavy atom. The first kappa shape index (κ1) is 15.2. The quantitative estimate of drug-likeness (QED) is 0.804. The highest BCUT2D eigenvalue weighted by Gasteiger charge is 2.17. The van der Waals surface area contributed by atoms with E-state index >= 15 is 0 Å². The molecule has 0 aliphatic heterocycles. The zero-order chi connectivity index (χ0) is 16.7. The van der Waals surface area contributed by atoms with E-state index in [9.17, 15) is 14.0 Å². The Bertz CT molecular complexity index is 998. The predicted molar refractivity (Wildman–Crippen MR) is 83.7 cm³/mol. The van der Waals surface area contributed by atoms with Gasteiger partial charge in [0.25, 0.3) is 0 Å². The number of aryl methyl sites for hydroxylation is 1. The van der Waals surface area contributed by atoms with Crippen molar-refractivity contribution >= 4 is 10.8 Å². The summed E-state index contributed by atoms with van der Waals surface area (Å²) in [5.41, 5.74) is -0.362. The van der Waals surface area contributed by atoms with E-state index in [-0.39, 0.29) is 17.0 Å². The highest BCUT2D eigenvalue weighted by atomic mass is 19.1. The zero-order valence-electron chi connectivity index (χ0n) is 13.0. The van der Waals surface area contributed by atoms with Gasteiger partial charge in [-0.15, -0.1) is 0 Å². The van der Waals surface area contributed by atoms with E-state index < -0.39 is 17.1 Å². The summed E-state index contributed by atoms with van der Waals surface area (Å²) in [6.07, 6.45) is 1.90. The van der Waals surface area contributed by atoms with Crippen LogP contribution in [-0.2, 0) is 6.42 Å². The lowest BCUT2D eigenvalue weighted by Crippen LogP contribution is -2.17. The number of rotatable bonds is 3. The van der Waals surface area contributed by atoms with Gasteiger partial charge >= 0.3 is 11.3 Å². The lowest BCUT2D eigenvalue weighted by atomic mass is 9.99. The number of hydrogen-bond acceptors (Lipinski definition) is 4. The van der Waals surface area contributed by atoms with Crippen LogP contribution in [0, 0.1) is 5.82 Å². The molecule has 0 atom stereocenters. The SMILES string of the molecule is CCc1nn(-c2cc3c(C(C)C)coc(=O)c3cc2F)c(=O)[nH]1. The maximum Gasteiger partial charge on any atom is 0.348 e. The van der Waals surface area contributed by atoms with E-state index in [1.807, 2.05) is 20.8 Å². The van der Waals surface area contributed by atoms with E-state index in [0.29, 0.717) is 17.6 Å². The first-order valence-electron chi connectivity index (χ1n) is 7.36. The molecule has 6 nitrogen and oxygen atoms in total. The number of nitrogens with zero attached hydrogens (tertiary/aromatic N) is 2. The predicted octanol–water partition coefficient (Wildman–Crippen LogP) is 2.49. The van der Waals surface area contributed by atoms with Crippen molar-refractivity contribution in [3.63, 3.8) is 0 Å². The largest absolute Gasteiger partial charge is 0.431 e. The molecule has 3 aromatic rings. The van der Waals surface area contributed by atoms with Crippen LogP contribution in [0.15, 0.2) is 32.4 Å². The summed E-state index contributed by atoms with van der Waals surface area (Å²) in [6, 6.07) is 2.56. The van der Waals surface area contributed by atoms with E-state index in [1.165, 1.54) is 12.3 Å². The number of benzene rings is 1. The number of nitrogens with one attached hydrogen (secondary N) is 1. The molecule has 0 fully saturated rings. The molecule has 1 aromatic carbocycles. The molecule has 120 valence electrons. The fourth-order valence-electron chi connectivity index (χ4n) is 2.51. The summed E-state index contributed by atoms with van der Waals surface area (Å²) >= 11 is 0. The van der Waals surface area contributed by atoms with Crippen LogP contribution in [0.2, 0.25) is 0 Å². The highest BCUT2D eigenvalue weighted by molar-refractivity contribution is 5.86. The molecule has 0 aliphatic carbocycles. The van der Waals surface area contributed by atoms with Gasteiger partial charge in [-0.1, -0.05) is 20.8 Å². The van der Waals surface area contributed by atoms with Crippen molar-refractivity contribution in [1.29, 1.82) is 0 Å². The summed E-state index contributed by atoms with van der Waals surface area (Å²) in [5, 5.41) is 4.78. The standard InChI is InChI=1S/C16H16FN3O3/c1-4-14-18-16(22)20(19-14)13-6-9-10(5-12(13)17)15(21)23-7-11(9)8(2)3/h5-8H,4H2,1-3H3,(H,18,19,22). The number of halogens is 1. The number of H-pyrrole nitrogens is 1. The van der Waals surface area contributed by atoms with Gasteiger partial charge in [0.2, 0.25) is 0 Å². The molecule has 0 amide bonds. The minimum absolute atomic E-state index is 0.00551. The molecule has 7 heteroatoms. The Hall–Kier alpha value is -2.70. The van der Waals surface area contributed by atoms with Crippen molar-refractivity contribution in [2.24, 2.45) is 0 Å². The molecule has 0 spiro atoms. The first-order valence-corrected chi connectivity index (χ1v) is 7.36. The molecule has 0 aliphatic rings. The lowest BCUT2D eigenvalue weighted by Gasteiger charge is -2.10. The summed E-state index contributed by atoms with van der Waals surface area (Å²) in [7, 11) is 0. The van der Waals surface area contributed by atoms with Crippen LogP contribution in [0.4, 0.5) is 4.39 Å². The Balaban J connectivity index is 2.36. The Morgan fingerprint density at radius 2 is 2.04 bits per heavy atom. The third-order valence-electron chi connectivity index (χ3n) is 3.76. The van der Waals surface area contributed by atoms with Gasteiger partial charge in [0.05, 0.1) is 11.6 Å². The molecule has 1 N–H and O–H groups in total. The maximum atomic E-state index is 14.4. The van der Waals surface area contributed by atoms with Crippen LogP contribution < -0.4 is 11.3 Å². The average Bonchev–Trinajstić information content (AvgIpc) is 2.88. The fourth-order valence-corrected chi connectivity index (χ4v) is 2.51. The van der Waals surface area contributed by atoms with Gasteiger partial charge < -0.3 is 4.42 Å². The number of aromatic amines is 1. The molecule has 0 unspecified atom stereocenters. The molecular formula is C16H16FN3O3. The van der Waals surface area contributed by atoms with E-state index in [1.54, 1.807) is 0 Å². The van der Waals surface area contributed by atoms with Gasteiger partial charge in [-0.25, -0.2) is 14.0 Å². The summed E-state index contributed by atoms with van der Waals surface area (Å²) in [6.45, 7) is 5.71. The Labute approximate surface area is 130 Å². The topological polar surface area (TPSA) is 80.9 Å². The molecule has 0 radical (unpaired) electrons. The smallest absolute Gasteiger partial charge is 0.348 e. The van der Waals surface area contributed by atoms with Gasteiger partial charge in [-0.2, -0.15) is 9.78 Å². The Kier molecular flexibility index (Phi) is 3.63. The molecule has 2 aromatic heterocycles. The third-order valence-corrected chi connectivity index (χ3v) is 3.76. The maximum absolute atomic E-state index is 14.4. The van der Waals surface area contributed by atoms with Crippen molar-refractivity contribution in [2.45, 2.75) is 33.1 Å². The molecule has 0 bridgehead atoms. The fraction of sp³-hybridized carbons (Fsp3) is 0.312. The van der Waals surface area contributed by atoms with Gasteiger partial charge in [0, 0.05) is 6.42 Å². The van der Waals surface area contributed by atoms with Gasteiger partial charge in [-0.05, 0) is 29.0 Å². The summed E-state index contributed by atoms with van der Waals surface area (Å²) < 4.78 is 20.4. The van der Waals surface area contributed by atoms with Crippen LogP contribution in [0.3, 0.4) is 0 Å². The molecule has 0 saturated carbocycles. The van der Waals surface area contributed by atoms with Crippen molar-refractivity contribution in [2.75, 3.05) is 0 Å². The van der Waals surface area contributed by atoms with E-state index in [4.69, 9.17) is 4.42 Å².